The van der Waals surface area contributed by atoms with Gasteiger partial charge >= 0.3 is 0 Å². The first kappa shape index (κ1) is 13.9. The van der Waals surface area contributed by atoms with Crippen molar-refractivity contribution in [2.24, 2.45) is 5.73 Å². The smallest absolute Gasteiger partial charge is 0.121 e. The molecular weight excluding hydrogens is 238 g/mol. The van der Waals surface area contributed by atoms with E-state index in [1.165, 1.54) is 24.8 Å². The van der Waals surface area contributed by atoms with Gasteiger partial charge in [0.2, 0.25) is 0 Å². The number of methoxy groups -OCH3 is 1. The van der Waals surface area contributed by atoms with Gasteiger partial charge in [0.25, 0.3) is 0 Å². The first-order valence-corrected chi connectivity index (χ1v) is 7.03. The van der Waals surface area contributed by atoms with E-state index in [-0.39, 0.29) is 0 Å². The predicted octanol–water partition coefficient (Wildman–Crippen LogP) is 2.74. The largest absolute Gasteiger partial charge is 0.497 e. The Morgan fingerprint density at radius 1 is 1.32 bits per heavy atom. The number of unbranched alkanes of at least 4 members (excludes halogenated alkanes) is 2. The van der Waals surface area contributed by atoms with Crippen LogP contribution in [0, 0.1) is 0 Å². The summed E-state index contributed by atoms with van der Waals surface area (Å²) in [6.45, 7) is 3.87. The van der Waals surface area contributed by atoms with Crippen molar-refractivity contribution in [2.75, 3.05) is 13.7 Å². The molecule has 104 valence electrons. The van der Waals surface area contributed by atoms with Gasteiger partial charge in [-0.25, -0.2) is 4.98 Å². The number of hydrogen-bond donors (Lipinski definition) is 1. The molecule has 4 heteroatoms. The van der Waals surface area contributed by atoms with Crippen molar-refractivity contribution in [1.82, 2.24) is 9.55 Å². The highest BCUT2D eigenvalue weighted by Gasteiger charge is 2.10. The van der Waals surface area contributed by atoms with E-state index < -0.39 is 0 Å². The van der Waals surface area contributed by atoms with E-state index in [2.05, 4.69) is 17.6 Å². The highest BCUT2D eigenvalue weighted by molar-refractivity contribution is 5.77. The Morgan fingerprint density at radius 2 is 2.16 bits per heavy atom. The number of aryl methyl sites for hydroxylation is 1. The van der Waals surface area contributed by atoms with Crippen LogP contribution < -0.4 is 10.5 Å². The van der Waals surface area contributed by atoms with Crippen LogP contribution in [0.25, 0.3) is 11.0 Å². The van der Waals surface area contributed by atoms with Gasteiger partial charge in [-0.05, 0) is 25.1 Å². The van der Waals surface area contributed by atoms with Crippen LogP contribution in [0.3, 0.4) is 0 Å². The maximum atomic E-state index is 5.68. The lowest BCUT2D eigenvalue weighted by Crippen LogP contribution is -2.10. The Kier molecular flexibility index (Phi) is 4.80. The van der Waals surface area contributed by atoms with Crippen LogP contribution >= 0.6 is 0 Å². The van der Waals surface area contributed by atoms with Crippen LogP contribution in [-0.2, 0) is 13.0 Å². The summed E-state index contributed by atoms with van der Waals surface area (Å²) in [6.07, 6.45) is 4.49. The maximum absolute atomic E-state index is 5.68. The van der Waals surface area contributed by atoms with Gasteiger partial charge in [-0.15, -0.1) is 0 Å². The molecule has 19 heavy (non-hydrogen) atoms. The molecule has 0 aliphatic carbocycles. The molecular formula is C15H23N3O. The number of benzene rings is 1. The highest BCUT2D eigenvalue weighted by Crippen LogP contribution is 2.22. The number of nitrogens with zero attached hydrogens (tertiary/aromatic N) is 2. The summed E-state index contributed by atoms with van der Waals surface area (Å²) in [5.74, 6) is 1.94. The molecule has 2 rings (SSSR count). The number of aromatic nitrogens is 2. The van der Waals surface area contributed by atoms with Gasteiger partial charge in [0, 0.05) is 19.0 Å². The third kappa shape index (κ3) is 3.07. The van der Waals surface area contributed by atoms with Crippen LogP contribution in [0.5, 0.6) is 5.75 Å². The summed E-state index contributed by atoms with van der Waals surface area (Å²) in [7, 11) is 1.68. The van der Waals surface area contributed by atoms with Crippen LogP contribution in [0.15, 0.2) is 18.2 Å². The summed E-state index contributed by atoms with van der Waals surface area (Å²) in [6, 6.07) is 6.07. The van der Waals surface area contributed by atoms with Gasteiger partial charge < -0.3 is 15.0 Å². The van der Waals surface area contributed by atoms with E-state index in [1.54, 1.807) is 7.11 Å². The molecule has 0 unspecified atom stereocenters. The second kappa shape index (κ2) is 6.57. The minimum Gasteiger partial charge on any atom is -0.497 e. The van der Waals surface area contributed by atoms with Gasteiger partial charge in [-0.3, -0.25) is 0 Å². The van der Waals surface area contributed by atoms with Crippen molar-refractivity contribution in [3.63, 3.8) is 0 Å². The molecule has 0 atom stereocenters. The van der Waals surface area contributed by atoms with Gasteiger partial charge in [0.15, 0.2) is 0 Å². The standard InChI is InChI=1S/C15H23N3O/c1-3-4-5-10-18-14-7-6-12(19-2)11-13(14)17-15(18)8-9-16/h6-7,11H,3-5,8-10,16H2,1-2H3. The zero-order chi connectivity index (χ0) is 13.7. The minimum absolute atomic E-state index is 0.633. The Labute approximate surface area is 114 Å². The molecule has 2 aromatic rings. The Hall–Kier alpha value is -1.55. The molecule has 0 bridgehead atoms. The Morgan fingerprint density at radius 3 is 2.84 bits per heavy atom. The molecule has 0 spiro atoms. The zero-order valence-corrected chi connectivity index (χ0v) is 11.9. The number of ether oxygens (including phenoxy) is 1. The van der Waals surface area contributed by atoms with E-state index in [9.17, 15) is 0 Å². The quantitative estimate of drug-likeness (QED) is 0.780. The molecule has 0 amide bonds. The van der Waals surface area contributed by atoms with E-state index in [1.807, 2.05) is 12.1 Å². The first-order valence-electron chi connectivity index (χ1n) is 7.03. The lowest BCUT2D eigenvalue weighted by Gasteiger charge is -2.08. The molecule has 0 saturated carbocycles. The molecule has 0 aliphatic heterocycles. The molecule has 4 nitrogen and oxygen atoms in total. The third-order valence-corrected chi connectivity index (χ3v) is 3.39. The number of rotatable bonds is 7. The number of imidazole rings is 1. The maximum Gasteiger partial charge on any atom is 0.121 e. The summed E-state index contributed by atoms with van der Waals surface area (Å²) in [4.78, 5) is 4.69. The number of fused-ring (bicyclic) bond motifs is 1. The summed E-state index contributed by atoms with van der Waals surface area (Å²) < 4.78 is 7.56. The van der Waals surface area contributed by atoms with Gasteiger partial charge in [0.1, 0.15) is 11.6 Å². The second-order valence-electron chi connectivity index (χ2n) is 4.78. The van der Waals surface area contributed by atoms with E-state index in [4.69, 9.17) is 15.5 Å². The Bertz CT molecular complexity index is 533. The molecule has 0 aliphatic rings. The fourth-order valence-corrected chi connectivity index (χ4v) is 2.38. The molecule has 1 aromatic carbocycles. The minimum atomic E-state index is 0.633. The fourth-order valence-electron chi connectivity index (χ4n) is 2.38. The summed E-state index contributed by atoms with van der Waals surface area (Å²) in [5.41, 5.74) is 7.86. The predicted molar refractivity (Wildman–Crippen MR) is 78.6 cm³/mol. The van der Waals surface area contributed by atoms with Crippen LogP contribution in [0.4, 0.5) is 0 Å². The molecule has 1 heterocycles. The lowest BCUT2D eigenvalue weighted by molar-refractivity contribution is 0.415. The average Bonchev–Trinajstić information content (AvgIpc) is 2.76. The topological polar surface area (TPSA) is 53.1 Å². The van der Waals surface area contributed by atoms with Gasteiger partial charge in [-0.1, -0.05) is 19.8 Å². The highest BCUT2D eigenvalue weighted by atomic mass is 16.5. The number of nitrogens with two attached hydrogens (primary N) is 1. The summed E-state index contributed by atoms with van der Waals surface area (Å²) in [5, 5.41) is 0. The fraction of sp³-hybridized carbons (Fsp3) is 0.533. The van der Waals surface area contributed by atoms with Crippen molar-refractivity contribution in [1.29, 1.82) is 0 Å². The molecule has 0 saturated heterocycles. The first-order chi connectivity index (χ1) is 9.30. The second-order valence-corrected chi connectivity index (χ2v) is 4.78. The van der Waals surface area contributed by atoms with E-state index >= 15 is 0 Å². The monoisotopic (exact) mass is 261 g/mol. The van der Waals surface area contributed by atoms with Crippen molar-refractivity contribution >= 4 is 11.0 Å². The molecule has 0 fully saturated rings. The van der Waals surface area contributed by atoms with Crippen molar-refractivity contribution in [3.05, 3.63) is 24.0 Å². The SMILES string of the molecule is CCCCCn1c(CCN)nc2cc(OC)ccc21. The molecule has 0 radical (unpaired) electrons. The molecule has 2 N–H and O–H groups in total. The average molecular weight is 261 g/mol. The normalized spacial score (nSPS) is 11.1. The van der Waals surface area contributed by atoms with Gasteiger partial charge in [-0.2, -0.15) is 0 Å². The van der Waals surface area contributed by atoms with Crippen LogP contribution in [0.2, 0.25) is 0 Å². The van der Waals surface area contributed by atoms with E-state index in [0.29, 0.717) is 6.54 Å². The van der Waals surface area contributed by atoms with Gasteiger partial charge in [0.05, 0.1) is 18.1 Å². The lowest BCUT2D eigenvalue weighted by atomic mass is 10.2. The van der Waals surface area contributed by atoms with Crippen molar-refractivity contribution < 1.29 is 4.74 Å². The number of hydrogen-bond acceptors (Lipinski definition) is 3. The summed E-state index contributed by atoms with van der Waals surface area (Å²) >= 11 is 0. The zero-order valence-electron chi connectivity index (χ0n) is 11.9. The Balaban J connectivity index is 2.35. The molecule has 1 aromatic heterocycles. The van der Waals surface area contributed by atoms with Crippen LogP contribution in [0.1, 0.15) is 32.0 Å². The van der Waals surface area contributed by atoms with Crippen LogP contribution in [-0.4, -0.2) is 23.2 Å². The van der Waals surface area contributed by atoms with Crippen molar-refractivity contribution in [2.45, 2.75) is 39.2 Å². The van der Waals surface area contributed by atoms with E-state index in [0.717, 1.165) is 30.1 Å². The van der Waals surface area contributed by atoms with Crippen molar-refractivity contribution in [3.8, 4) is 5.75 Å². The third-order valence-electron chi connectivity index (χ3n) is 3.39.